The number of rotatable bonds is 5. The van der Waals surface area contributed by atoms with Gasteiger partial charge in [-0.25, -0.2) is 4.79 Å². The zero-order valence-electron chi connectivity index (χ0n) is 8.27. The average molecular weight is 288 g/mol. The molecule has 2 N–H and O–H groups in total. The van der Waals surface area contributed by atoms with Gasteiger partial charge in [0.25, 0.3) is 0 Å². The molecule has 0 spiro atoms. The number of aldehydes is 1. The standard InChI is InChI=1S/C10H10BrNO4/c11-8-2-1-7(6-13)9(5-8)16-4-3-12-10(14)15/h1-2,5-6,12H,3-4H2,(H,14,15). The van der Waals surface area contributed by atoms with Crippen LogP contribution in [0.2, 0.25) is 0 Å². The molecule has 0 aliphatic carbocycles. The summed E-state index contributed by atoms with van der Waals surface area (Å²) < 4.78 is 6.06. The van der Waals surface area contributed by atoms with Gasteiger partial charge in [0.2, 0.25) is 0 Å². The third kappa shape index (κ3) is 3.90. The fraction of sp³-hybridized carbons (Fsp3) is 0.200. The molecular formula is C10H10BrNO4. The lowest BCUT2D eigenvalue weighted by Crippen LogP contribution is -2.26. The Hall–Kier alpha value is -1.56. The van der Waals surface area contributed by atoms with Crippen LogP contribution in [0.1, 0.15) is 10.4 Å². The number of amides is 1. The molecule has 0 aliphatic heterocycles. The number of carbonyl (C=O) groups excluding carboxylic acids is 1. The first kappa shape index (κ1) is 12.5. The summed E-state index contributed by atoms with van der Waals surface area (Å²) in [6.07, 6.45) is -0.416. The first-order chi connectivity index (χ1) is 7.63. The number of carboxylic acid groups (broad SMARTS) is 1. The molecule has 0 bridgehead atoms. The van der Waals surface area contributed by atoms with Crippen molar-refractivity contribution in [3.05, 3.63) is 28.2 Å². The molecule has 0 unspecified atom stereocenters. The van der Waals surface area contributed by atoms with E-state index in [1.54, 1.807) is 18.2 Å². The number of nitrogens with one attached hydrogen (secondary N) is 1. The molecule has 1 aromatic rings. The van der Waals surface area contributed by atoms with Crippen molar-refractivity contribution in [2.75, 3.05) is 13.2 Å². The molecule has 16 heavy (non-hydrogen) atoms. The maximum Gasteiger partial charge on any atom is 0.404 e. The quantitative estimate of drug-likeness (QED) is 0.641. The summed E-state index contributed by atoms with van der Waals surface area (Å²) in [6.45, 7) is 0.337. The second-order valence-corrected chi connectivity index (χ2v) is 3.80. The van der Waals surface area contributed by atoms with Gasteiger partial charge in [0, 0.05) is 4.47 Å². The molecule has 0 aliphatic rings. The monoisotopic (exact) mass is 287 g/mol. The molecule has 86 valence electrons. The lowest BCUT2D eigenvalue weighted by Gasteiger charge is -2.08. The van der Waals surface area contributed by atoms with Crippen LogP contribution in [0.3, 0.4) is 0 Å². The molecule has 0 saturated heterocycles. The van der Waals surface area contributed by atoms with Gasteiger partial charge in [-0.05, 0) is 18.2 Å². The van der Waals surface area contributed by atoms with Crippen molar-refractivity contribution < 1.29 is 19.4 Å². The summed E-state index contributed by atoms with van der Waals surface area (Å²) >= 11 is 3.25. The van der Waals surface area contributed by atoms with Crippen molar-refractivity contribution in [1.29, 1.82) is 0 Å². The van der Waals surface area contributed by atoms with Crippen LogP contribution < -0.4 is 10.1 Å². The summed E-state index contributed by atoms with van der Waals surface area (Å²) in [4.78, 5) is 20.8. The fourth-order valence-corrected chi connectivity index (χ4v) is 1.39. The third-order valence-corrected chi connectivity index (χ3v) is 2.23. The second kappa shape index (κ2) is 6.12. The Balaban J connectivity index is 2.55. The van der Waals surface area contributed by atoms with Crippen LogP contribution in [-0.4, -0.2) is 30.6 Å². The van der Waals surface area contributed by atoms with E-state index in [0.29, 0.717) is 17.6 Å². The molecule has 1 aromatic carbocycles. The fourth-order valence-electron chi connectivity index (χ4n) is 1.05. The van der Waals surface area contributed by atoms with Gasteiger partial charge in [0.15, 0.2) is 6.29 Å². The third-order valence-electron chi connectivity index (χ3n) is 1.74. The lowest BCUT2D eigenvalue weighted by atomic mass is 10.2. The highest BCUT2D eigenvalue weighted by molar-refractivity contribution is 9.10. The predicted octanol–water partition coefficient (Wildman–Crippen LogP) is 1.91. The smallest absolute Gasteiger partial charge is 0.404 e. The Kier molecular flexibility index (Phi) is 4.78. The zero-order chi connectivity index (χ0) is 12.0. The maximum atomic E-state index is 10.7. The number of benzene rings is 1. The van der Waals surface area contributed by atoms with E-state index >= 15 is 0 Å². The van der Waals surface area contributed by atoms with Crippen molar-refractivity contribution in [1.82, 2.24) is 5.32 Å². The Morgan fingerprint density at radius 3 is 2.94 bits per heavy atom. The van der Waals surface area contributed by atoms with Crippen molar-refractivity contribution in [3.63, 3.8) is 0 Å². The number of hydrogen-bond acceptors (Lipinski definition) is 3. The van der Waals surface area contributed by atoms with Gasteiger partial charge in [-0.3, -0.25) is 4.79 Å². The molecule has 0 aromatic heterocycles. The van der Waals surface area contributed by atoms with Gasteiger partial charge >= 0.3 is 6.09 Å². The van der Waals surface area contributed by atoms with E-state index in [2.05, 4.69) is 21.2 Å². The highest BCUT2D eigenvalue weighted by Crippen LogP contribution is 2.22. The largest absolute Gasteiger partial charge is 0.491 e. The Morgan fingerprint density at radius 1 is 1.56 bits per heavy atom. The van der Waals surface area contributed by atoms with Gasteiger partial charge in [0.1, 0.15) is 12.4 Å². The van der Waals surface area contributed by atoms with Crippen molar-refractivity contribution in [2.45, 2.75) is 0 Å². The lowest BCUT2D eigenvalue weighted by molar-refractivity contribution is 0.111. The van der Waals surface area contributed by atoms with Gasteiger partial charge in [-0.1, -0.05) is 15.9 Å². The number of ether oxygens (including phenoxy) is 1. The summed E-state index contributed by atoms with van der Waals surface area (Å²) in [5.74, 6) is 0.427. The van der Waals surface area contributed by atoms with E-state index in [0.717, 1.165) is 4.47 Å². The van der Waals surface area contributed by atoms with Gasteiger partial charge in [-0.15, -0.1) is 0 Å². The van der Waals surface area contributed by atoms with Crippen LogP contribution in [0.5, 0.6) is 5.75 Å². The Bertz CT molecular complexity index is 394. The highest BCUT2D eigenvalue weighted by Gasteiger charge is 2.03. The van der Waals surface area contributed by atoms with Crippen molar-refractivity contribution in [3.8, 4) is 5.75 Å². The van der Waals surface area contributed by atoms with E-state index in [9.17, 15) is 9.59 Å². The molecule has 1 amide bonds. The van der Waals surface area contributed by atoms with Crippen molar-refractivity contribution >= 4 is 28.3 Å². The van der Waals surface area contributed by atoms with E-state index in [-0.39, 0.29) is 13.2 Å². The van der Waals surface area contributed by atoms with E-state index in [1.807, 2.05) is 0 Å². The molecule has 0 atom stereocenters. The topological polar surface area (TPSA) is 75.6 Å². The minimum Gasteiger partial charge on any atom is -0.491 e. The van der Waals surface area contributed by atoms with Crippen LogP contribution >= 0.6 is 15.9 Å². The summed E-state index contributed by atoms with van der Waals surface area (Å²) in [7, 11) is 0. The second-order valence-electron chi connectivity index (χ2n) is 2.88. The molecule has 6 heteroatoms. The molecule has 5 nitrogen and oxygen atoms in total. The van der Waals surface area contributed by atoms with Crippen LogP contribution in [0, 0.1) is 0 Å². The molecular weight excluding hydrogens is 278 g/mol. The van der Waals surface area contributed by atoms with E-state index in [1.165, 1.54) is 0 Å². The number of carbonyl (C=O) groups is 2. The summed E-state index contributed by atoms with van der Waals surface area (Å²) in [6, 6.07) is 5.01. The molecule has 0 heterocycles. The van der Waals surface area contributed by atoms with Crippen molar-refractivity contribution in [2.24, 2.45) is 0 Å². The van der Waals surface area contributed by atoms with Gasteiger partial charge < -0.3 is 15.2 Å². The van der Waals surface area contributed by atoms with Crippen LogP contribution in [0.25, 0.3) is 0 Å². The van der Waals surface area contributed by atoms with Crippen LogP contribution in [0.4, 0.5) is 4.79 Å². The Morgan fingerprint density at radius 2 is 2.31 bits per heavy atom. The molecule has 0 saturated carbocycles. The van der Waals surface area contributed by atoms with Crippen LogP contribution in [0.15, 0.2) is 22.7 Å². The van der Waals surface area contributed by atoms with E-state index < -0.39 is 6.09 Å². The highest BCUT2D eigenvalue weighted by atomic mass is 79.9. The SMILES string of the molecule is O=Cc1ccc(Br)cc1OCCNC(=O)O. The average Bonchev–Trinajstić information content (AvgIpc) is 2.24. The maximum absolute atomic E-state index is 10.7. The first-order valence-electron chi connectivity index (χ1n) is 4.48. The zero-order valence-corrected chi connectivity index (χ0v) is 9.86. The summed E-state index contributed by atoms with van der Waals surface area (Å²) in [5.41, 5.74) is 0.429. The minimum atomic E-state index is -1.10. The number of hydrogen-bond donors (Lipinski definition) is 2. The number of halogens is 1. The Labute approximate surface area is 101 Å². The van der Waals surface area contributed by atoms with E-state index in [4.69, 9.17) is 9.84 Å². The van der Waals surface area contributed by atoms with Gasteiger partial charge in [-0.2, -0.15) is 0 Å². The normalized spacial score (nSPS) is 9.56. The van der Waals surface area contributed by atoms with Gasteiger partial charge in [0.05, 0.1) is 12.1 Å². The first-order valence-corrected chi connectivity index (χ1v) is 5.27. The predicted molar refractivity (Wildman–Crippen MR) is 61.1 cm³/mol. The minimum absolute atomic E-state index is 0.167. The van der Waals surface area contributed by atoms with Crippen LogP contribution in [-0.2, 0) is 0 Å². The summed E-state index contributed by atoms with van der Waals surface area (Å²) in [5, 5.41) is 10.5. The molecule has 0 fully saturated rings. The molecule has 1 rings (SSSR count). The molecule has 0 radical (unpaired) electrons.